The summed E-state index contributed by atoms with van der Waals surface area (Å²) in [6, 6.07) is 0. The Morgan fingerprint density at radius 1 is 1.67 bits per heavy atom. The molecule has 2 heterocycles. The lowest BCUT2D eigenvalue weighted by Gasteiger charge is -2.08. The normalized spacial score (nSPS) is 19.1. The monoisotopic (exact) mass is 250 g/mol. The van der Waals surface area contributed by atoms with Crippen molar-refractivity contribution in [2.75, 3.05) is 19.6 Å². The average molecular weight is 250 g/mol. The van der Waals surface area contributed by atoms with Gasteiger partial charge in [-0.3, -0.25) is 9.48 Å². The summed E-state index contributed by atoms with van der Waals surface area (Å²) in [4.78, 5) is 11.6. The first-order valence-corrected chi connectivity index (χ1v) is 6.70. The van der Waals surface area contributed by atoms with Crippen molar-refractivity contribution in [2.24, 2.45) is 5.92 Å². The maximum absolute atomic E-state index is 11.6. The van der Waals surface area contributed by atoms with Gasteiger partial charge in [-0.2, -0.15) is 5.10 Å². The van der Waals surface area contributed by atoms with Crippen molar-refractivity contribution < 1.29 is 4.79 Å². The number of rotatable bonds is 6. The lowest BCUT2D eigenvalue weighted by Crippen LogP contribution is -2.27. The van der Waals surface area contributed by atoms with Crippen LogP contribution in [0.15, 0.2) is 12.4 Å². The fourth-order valence-corrected chi connectivity index (χ4v) is 2.28. The molecule has 0 aromatic carbocycles. The van der Waals surface area contributed by atoms with Gasteiger partial charge < -0.3 is 10.6 Å². The Labute approximate surface area is 108 Å². The van der Waals surface area contributed by atoms with Crippen LogP contribution in [0.2, 0.25) is 0 Å². The molecule has 5 heteroatoms. The number of nitrogens with one attached hydrogen (secondary N) is 2. The zero-order chi connectivity index (χ0) is 12.8. The van der Waals surface area contributed by atoms with Crippen LogP contribution in [0.1, 0.15) is 24.8 Å². The van der Waals surface area contributed by atoms with E-state index in [9.17, 15) is 4.79 Å². The molecule has 1 aromatic heterocycles. The van der Waals surface area contributed by atoms with E-state index in [1.165, 1.54) is 6.42 Å². The Kier molecular flexibility index (Phi) is 4.75. The highest BCUT2D eigenvalue weighted by atomic mass is 16.1. The largest absolute Gasteiger partial charge is 0.354 e. The Bertz CT molecular complexity index is 382. The molecule has 0 bridgehead atoms. The fraction of sp³-hybridized carbons (Fsp3) is 0.692. The summed E-state index contributed by atoms with van der Waals surface area (Å²) in [5.74, 6) is 0.843. The summed E-state index contributed by atoms with van der Waals surface area (Å²) in [5, 5.41) is 10.4. The number of aromatic nitrogens is 2. The van der Waals surface area contributed by atoms with Crippen molar-refractivity contribution in [3.05, 3.63) is 18.0 Å². The first kappa shape index (κ1) is 13.1. The van der Waals surface area contributed by atoms with Gasteiger partial charge in [0.2, 0.25) is 5.91 Å². The number of hydrogen-bond donors (Lipinski definition) is 2. The highest BCUT2D eigenvalue weighted by molar-refractivity contribution is 5.75. The molecule has 1 saturated heterocycles. The fourth-order valence-electron chi connectivity index (χ4n) is 2.28. The number of nitrogens with zero attached hydrogens (tertiary/aromatic N) is 2. The summed E-state index contributed by atoms with van der Waals surface area (Å²) in [7, 11) is 0. The van der Waals surface area contributed by atoms with Crippen LogP contribution in [0.25, 0.3) is 0 Å². The van der Waals surface area contributed by atoms with Gasteiger partial charge >= 0.3 is 0 Å². The molecular formula is C13H22N4O. The van der Waals surface area contributed by atoms with E-state index in [1.807, 2.05) is 24.0 Å². The van der Waals surface area contributed by atoms with E-state index >= 15 is 0 Å². The third-order valence-corrected chi connectivity index (χ3v) is 3.37. The molecule has 1 unspecified atom stereocenters. The third-order valence-electron chi connectivity index (χ3n) is 3.37. The minimum atomic E-state index is 0.158. The quantitative estimate of drug-likeness (QED) is 0.781. The van der Waals surface area contributed by atoms with Gasteiger partial charge in [0.05, 0.1) is 12.7 Å². The van der Waals surface area contributed by atoms with Crippen LogP contribution in [0, 0.1) is 12.8 Å². The van der Waals surface area contributed by atoms with Crippen LogP contribution in [0.3, 0.4) is 0 Å². The standard InChI is InChI=1S/C13H22N4O/c1-11-8-16-17(10-11)7-6-15-13(18)3-2-12-4-5-14-9-12/h8,10,12,14H,2-7,9H2,1H3,(H,15,18). The minimum Gasteiger partial charge on any atom is -0.354 e. The first-order chi connectivity index (χ1) is 8.74. The molecule has 0 spiro atoms. The molecule has 1 atom stereocenters. The van der Waals surface area contributed by atoms with E-state index < -0.39 is 0 Å². The topological polar surface area (TPSA) is 59.0 Å². The van der Waals surface area contributed by atoms with Gasteiger partial charge in [-0.05, 0) is 44.3 Å². The summed E-state index contributed by atoms with van der Waals surface area (Å²) in [6.45, 7) is 5.58. The minimum absolute atomic E-state index is 0.158. The van der Waals surface area contributed by atoms with Crippen LogP contribution < -0.4 is 10.6 Å². The Hall–Kier alpha value is -1.36. The van der Waals surface area contributed by atoms with Gasteiger partial charge in [-0.25, -0.2) is 0 Å². The van der Waals surface area contributed by atoms with Crippen molar-refractivity contribution in [3.8, 4) is 0 Å². The van der Waals surface area contributed by atoms with Crippen molar-refractivity contribution in [2.45, 2.75) is 32.7 Å². The molecule has 0 radical (unpaired) electrons. The summed E-state index contributed by atoms with van der Waals surface area (Å²) in [5.41, 5.74) is 1.15. The molecule has 1 fully saturated rings. The van der Waals surface area contributed by atoms with Crippen molar-refractivity contribution in [1.82, 2.24) is 20.4 Å². The van der Waals surface area contributed by atoms with Gasteiger partial charge in [-0.1, -0.05) is 0 Å². The van der Waals surface area contributed by atoms with E-state index in [1.54, 1.807) is 0 Å². The first-order valence-electron chi connectivity index (χ1n) is 6.70. The van der Waals surface area contributed by atoms with Crippen molar-refractivity contribution >= 4 is 5.91 Å². The molecule has 1 aromatic rings. The van der Waals surface area contributed by atoms with E-state index in [-0.39, 0.29) is 5.91 Å². The van der Waals surface area contributed by atoms with Gasteiger partial charge in [0, 0.05) is 19.2 Å². The second kappa shape index (κ2) is 6.54. The third kappa shape index (κ3) is 4.14. The predicted molar refractivity (Wildman–Crippen MR) is 70.2 cm³/mol. The average Bonchev–Trinajstić information content (AvgIpc) is 2.98. The van der Waals surface area contributed by atoms with Crippen LogP contribution in [0.4, 0.5) is 0 Å². The summed E-state index contributed by atoms with van der Waals surface area (Å²) >= 11 is 0. The smallest absolute Gasteiger partial charge is 0.220 e. The predicted octanol–water partition coefficient (Wildman–Crippen LogP) is 0.697. The number of hydrogen-bond acceptors (Lipinski definition) is 3. The maximum atomic E-state index is 11.6. The second-order valence-electron chi connectivity index (χ2n) is 5.03. The van der Waals surface area contributed by atoms with E-state index in [0.29, 0.717) is 18.9 Å². The highest BCUT2D eigenvalue weighted by Gasteiger charge is 2.15. The molecule has 100 valence electrons. The molecule has 0 saturated carbocycles. The van der Waals surface area contributed by atoms with Crippen LogP contribution in [-0.4, -0.2) is 35.3 Å². The molecular weight excluding hydrogens is 228 g/mol. The van der Waals surface area contributed by atoms with Gasteiger partial charge in [-0.15, -0.1) is 0 Å². The van der Waals surface area contributed by atoms with Crippen molar-refractivity contribution in [1.29, 1.82) is 0 Å². The molecule has 5 nitrogen and oxygen atoms in total. The summed E-state index contributed by atoms with van der Waals surface area (Å²) < 4.78 is 1.86. The molecule has 1 aliphatic rings. The Morgan fingerprint density at radius 2 is 2.56 bits per heavy atom. The highest BCUT2D eigenvalue weighted by Crippen LogP contribution is 2.13. The number of aryl methyl sites for hydroxylation is 1. The molecule has 2 N–H and O–H groups in total. The van der Waals surface area contributed by atoms with Gasteiger partial charge in [0.1, 0.15) is 0 Å². The van der Waals surface area contributed by atoms with Gasteiger partial charge in [0.15, 0.2) is 0 Å². The zero-order valence-electron chi connectivity index (χ0n) is 11.0. The molecule has 18 heavy (non-hydrogen) atoms. The summed E-state index contributed by atoms with van der Waals surface area (Å²) in [6.07, 6.45) is 6.66. The van der Waals surface area contributed by atoms with Crippen LogP contribution >= 0.6 is 0 Å². The zero-order valence-corrected chi connectivity index (χ0v) is 11.0. The second-order valence-corrected chi connectivity index (χ2v) is 5.03. The number of carbonyl (C=O) groups is 1. The number of carbonyl (C=O) groups excluding carboxylic acids is 1. The Balaban J connectivity index is 1.57. The maximum Gasteiger partial charge on any atom is 0.220 e. The van der Waals surface area contributed by atoms with Gasteiger partial charge in [0.25, 0.3) is 0 Å². The molecule has 2 rings (SSSR count). The lowest BCUT2D eigenvalue weighted by molar-refractivity contribution is -0.121. The van der Waals surface area contributed by atoms with E-state index in [2.05, 4.69) is 15.7 Å². The molecule has 1 amide bonds. The lowest BCUT2D eigenvalue weighted by atomic mass is 10.0. The molecule has 0 aliphatic carbocycles. The molecule has 1 aliphatic heterocycles. The van der Waals surface area contributed by atoms with Crippen LogP contribution in [-0.2, 0) is 11.3 Å². The SMILES string of the molecule is Cc1cnn(CCNC(=O)CCC2CCNC2)c1. The Morgan fingerprint density at radius 3 is 3.22 bits per heavy atom. The van der Waals surface area contributed by atoms with E-state index in [0.717, 1.165) is 31.6 Å². The van der Waals surface area contributed by atoms with E-state index in [4.69, 9.17) is 0 Å². The van der Waals surface area contributed by atoms with Crippen molar-refractivity contribution in [3.63, 3.8) is 0 Å². The number of amides is 1. The van der Waals surface area contributed by atoms with Crippen LogP contribution in [0.5, 0.6) is 0 Å².